The third kappa shape index (κ3) is 7.68. The molecule has 0 radical (unpaired) electrons. The van der Waals surface area contributed by atoms with Crippen LogP contribution in [0.25, 0.3) is 0 Å². The van der Waals surface area contributed by atoms with E-state index in [2.05, 4.69) is 19.2 Å². The van der Waals surface area contributed by atoms with Crippen molar-refractivity contribution >= 4 is 12.1 Å². The number of rotatable bonds is 6. The Morgan fingerprint density at radius 3 is 2.17 bits per heavy atom. The van der Waals surface area contributed by atoms with Gasteiger partial charge in [0.2, 0.25) is 0 Å². The number of carboxylic acid groups (broad SMARTS) is 1. The van der Waals surface area contributed by atoms with Crippen LogP contribution in [0.3, 0.4) is 0 Å². The Labute approximate surface area is 138 Å². The summed E-state index contributed by atoms with van der Waals surface area (Å²) in [4.78, 5) is 23.0. The van der Waals surface area contributed by atoms with Crippen molar-refractivity contribution in [2.75, 3.05) is 0 Å². The van der Waals surface area contributed by atoms with Crippen molar-refractivity contribution in [3.63, 3.8) is 0 Å². The molecule has 0 aliphatic heterocycles. The average Bonchev–Trinajstić information content (AvgIpc) is 2.35. The molecule has 1 aromatic carbocycles. The van der Waals surface area contributed by atoms with Crippen LogP contribution >= 0.6 is 0 Å². The Balaban J connectivity index is 2.85. The number of aliphatic carboxylic acids is 1. The monoisotopic (exact) mass is 321 g/mol. The van der Waals surface area contributed by atoms with Gasteiger partial charge in [-0.1, -0.05) is 38.1 Å². The summed E-state index contributed by atoms with van der Waals surface area (Å²) in [6.07, 6.45) is 0.154. The van der Waals surface area contributed by atoms with Crippen LogP contribution < -0.4 is 5.32 Å². The van der Waals surface area contributed by atoms with E-state index in [1.807, 2.05) is 24.3 Å². The highest BCUT2D eigenvalue weighted by Gasteiger charge is 2.22. The van der Waals surface area contributed by atoms with E-state index < -0.39 is 23.7 Å². The normalized spacial score (nSPS) is 12.8. The van der Waals surface area contributed by atoms with Crippen molar-refractivity contribution in [2.45, 2.75) is 59.1 Å². The molecule has 0 bridgehead atoms. The van der Waals surface area contributed by atoms with Crippen LogP contribution in [0.1, 0.15) is 58.2 Å². The number of amides is 1. The molecule has 0 aliphatic carbocycles. The summed E-state index contributed by atoms with van der Waals surface area (Å²) < 4.78 is 5.20. The van der Waals surface area contributed by atoms with Crippen molar-refractivity contribution in [1.82, 2.24) is 5.32 Å². The fourth-order valence-electron chi connectivity index (χ4n) is 2.23. The molecular formula is C18H27NO4. The van der Waals surface area contributed by atoms with E-state index in [0.29, 0.717) is 5.92 Å². The van der Waals surface area contributed by atoms with E-state index in [1.165, 1.54) is 5.56 Å². The van der Waals surface area contributed by atoms with Gasteiger partial charge in [0.1, 0.15) is 5.60 Å². The van der Waals surface area contributed by atoms with Gasteiger partial charge in [-0.25, -0.2) is 4.79 Å². The number of carbonyl (C=O) groups excluding carboxylic acids is 1. The predicted molar refractivity (Wildman–Crippen MR) is 89.3 cm³/mol. The first-order valence-electron chi connectivity index (χ1n) is 7.87. The third-order valence-corrected chi connectivity index (χ3v) is 3.10. The van der Waals surface area contributed by atoms with Gasteiger partial charge in [-0.3, -0.25) is 4.79 Å². The summed E-state index contributed by atoms with van der Waals surface area (Å²) in [5.74, 6) is -0.423. The van der Waals surface area contributed by atoms with Gasteiger partial charge in [0, 0.05) is 0 Å². The Morgan fingerprint density at radius 2 is 1.74 bits per heavy atom. The molecule has 0 heterocycles. The minimum Gasteiger partial charge on any atom is -0.481 e. The van der Waals surface area contributed by atoms with Gasteiger partial charge in [-0.05, 0) is 44.2 Å². The van der Waals surface area contributed by atoms with E-state index in [-0.39, 0.29) is 6.42 Å². The summed E-state index contributed by atoms with van der Waals surface area (Å²) in [5.41, 5.74) is 1.32. The quantitative estimate of drug-likeness (QED) is 0.832. The maximum atomic E-state index is 11.9. The molecule has 2 N–H and O–H groups in total. The van der Waals surface area contributed by atoms with Gasteiger partial charge in [0.05, 0.1) is 12.5 Å². The number of alkyl carbamates (subject to hydrolysis) is 1. The van der Waals surface area contributed by atoms with Crippen molar-refractivity contribution in [2.24, 2.45) is 5.92 Å². The maximum Gasteiger partial charge on any atom is 0.408 e. The topological polar surface area (TPSA) is 75.6 Å². The molecule has 0 saturated heterocycles. The second kappa shape index (κ2) is 7.99. The van der Waals surface area contributed by atoms with Gasteiger partial charge < -0.3 is 15.2 Å². The van der Waals surface area contributed by atoms with Crippen molar-refractivity contribution < 1.29 is 19.4 Å². The predicted octanol–water partition coefficient (Wildman–Crippen LogP) is 3.93. The van der Waals surface area contributed by atoms with Crippen LogP contribution in [-0.2, 0) is 16.0 Å². The van der Waals surface area contributed by atoms with Crippen molar-refractivity contribution in [1.29, 1.82) is 0 Å². The van der Waals surface area contributed by atoms with Gasteiger partial charge in [-0.2, -0.15) is 0 Å². The van der Waals surface area contributed by atoms with Crippen LogP contribution in [0.5, 0.6) is 0 Å². The first-order valence-corrected chi connectivity index (χ1v) is 7.87. The summed E-state index contributed by atoms with van der Waals surface area (Å²) >= 11 is 0. The number of carbonyl (C=O) groups is 2. The lowest BCUT2D eigenvalue weighted by Crippen LogP contribution is -2.35. The van der Waals surface area contributed by atoms with E-state index in [0.717, 1.165) is 12.0 Å². The molecule has 1 aromatic rings. The molecule has 1 atom stereocenters. The first-order chi connectivity index (χ1) is 10.6. The Hall–Kier alpha value is -2.04. The Morgan fingerprint density at radius 1 is 1.17 bits per heavy atom. The molecular weight excluding hydrogens is 294 g/mol. The Kier molecular flexibility index (Phi) is 6.61. The fourth-order valence-corrected chi connectivity index (χ4v) is 2.23. The van der Waals surface area contributed by atoms with Crippen LogP contribution in [0.2, 0.25) is 0 Å². The molecule has 128 valence electrons. The first kappa shape index (κ1) is 19.0. The van der Waals surface area contributed by atoms with Crippen LogP contribution in [-0.4, -0.2) is 22.8 Å². The zero-order valence-corrected chi connectivity index (χ0v) is 14.6. The summed E-state index contributed by atoms with van der Waals surface area (Å²) in [6, 6.07) is 7.06. The lowest BCUT2D eigenvalue weighted by atomic mass is 9.98. The van der Waals surface area contributed by atoms with Gasteiger partial charge in [-0.15, -0.1) is 0 Å². The molecule has 0 fully saturated rings. The smallest absolute Gasteiger partial charge is 0.408 e. The number of ether oxygens (including phenoxy) is 1. The summed E-state index contributed by atoms with van der Waals surface area (Å²) in [6.45, 7) is 9.58. The van der Waals surface area contributed by atoms with Gasteiger partial charge >= 0.3 is 12.1 Å². The number of hydrogen-bond donors (Lipinski definition) is 2. The van der Waals surface area contributed by atoms with Crippen molar-refractivity contribution in [3.05, 3.63) is 35.4 Å². The van der Waals surface area contributed by atoms with Crippen LogP contribution in [0.4, 0.5) is 4.79 Å². The number of hydrogen-bond acceptors (Lipinski definition) is 3. The second-order valence-corrected chi connectivity index (χ2v) is 7.14. The van der Waals surface area contributed by atoms with Gasteiger partial charge in [0.25, 0.3) is 0 Å². The number of carboxylic acids is 1. The fraction of sp³-hybridized carbons (Fsp3) is 0.556. The minimum atomic E-state index is -0.975. The minimum absolute atomic E-state index is 0.192. The Bertz CT molecular complexity index is 529. The van der Waals surface area contributed by atoms with Gasteiger partial charge in [0.15, 0.2) is 0 Å². The summed E-state index contributed by atoms with van der Waals surface area (Å²) in [5, 5.41) is 11.7. The van der Waals surface area contributed by atoms with E-state index in [4.69, 9.17) is 9.84 Å². The molecule has 0 aliphatic rings. The molecule has 0 saturated carbocycles. The second-order valence-electron chi connectivity index (χ2n) is 7.14. The van der Waals surface area contributed by atoms with Crippen molar-refractivity contribution in [3.8, 4) is 0 Å². The highest BCUT2D eigenvalue weighted by Crippen LogP contribution is 2.20. The standard InChI is InChI=1S/C18H27NO4/c1-12(2)10-13-6-8-14(9-7-13)15(11-16(20)21)19-17(22)23-18(3,4)5/h6-9,12,15H,10-11H2,1-5H3,(H,19,22)(H,20,21). The SMILES string of the molecule is CC(C)Cc1ccc(C(CC(=O)O)NC(=O)OC(C)(C)C)cc1. The molecule has 0 aromatic heterocycles. The highest BCUT2D eigenvalue weighted by molar-refractivity contribution is 5.72. The highest BCUT2D eigenvalue weighted by atomic mass is 16.6. The van der Waals surface area contributed by atoms with Crippen LogP contribution in [0.15, 0.2) is 24.3 Å². The average molecular weight is 321 g/mol. The molecule has 5 nitrogen and oxygen atoms in total. The molecule has 23 heavy (non-hydrogen) atoms. The van der Waals surface area contributed by atoms with E-state index in [9.17, 15) is 9.59 Å². The maximum absolute atomic E-state index is 11.9. The molecule has 1 unspecified atom stereocenters. The zero-order valence-electron chi connectivity index (χ0n) is 14.6. The number of benzene rings is 1. The van der Waals surface area contributed by atoms with E-state index in [1.54, 1.807) is 20.8 Å². The molecule has 5 heteroatoms. The molecule has 1 amide bonds. The molecule has 1 rings (SSSR count). The van der Waals surface area contributed by atoms with E-state index >= 15 is 0 Å². The lowest BCUT2D eigenvalue weighted by molar-refractivity contribution is -0.137. The summed E-state index contributed by atoms with van der Waals surface area (Å²) in [7, 11) is 0. The third-order valence-electron chi connectivity index (χ3n) is 3.10. The number of nitrogens with one attached hydrogen (secondary N) is 1. The molecule has 0 spiro atoms. The van der Waals surface area contributed by atoms with Crippen LogP contribution in [0, 0.1) is 5.92 Å². The lowest BCUT2D eigenvalue weighted by Gasteiger charge is -2.23. The zero-order chi connectivity index (χ0) is 17.6. The largest absolute Gasteiger partial charge is 0.481 e.